The van der Waals surface area contributed by atoms with Gasteiger partial charge in [-0.1, -0.05) is 40.0 Å². The third-order valence-electron chi connectivity index (χ3n) is 3.94. The summed E-state index contributed by atoms with van der Waals surface area (Å²) < 4.78 is 1.03. The standard InChI is InChI=1S/C16H24BrClN2/c1-12(11-20-8-4-3-5-9-20)19-13(2)15-7-6-14(17)10-16(15)18/h6-7,10,12-13,19H,3-5,8-9,11H2,1-2H3. The van der Waals surface area contributed by atoms with Crippen molar-refractivity contribution in [1.29, 1.82) is 0 Å². The summed E-state index contributed by atoms with van der Waals surface area (Å²) in [4.78, 5) is 2.57. The number of piperidine rings is 1. The molecular formula is C16H24BrClN2. The predicted octanol–water partition coefficient (Wildman–Crippen LogP) is 4.63. The van der Waals surface area contributed by atoms with Crippen molar-refractivity contribution in [1.82, 2.24) is 10.2 Å². The molecule has 1 aromatic carbocycles. The first kappa shape index (κ1) is 16.3. The SMILES string of the molecule is CC(CN1CCCCC1)NC(C)c1ccc(Br)cc1Cl. The van der Waals surface area contributed by atoms with Gasteiger partial charge in [-0.05, 0) is 57.5 Å². The van der Waals surface area contributed by atoms with Gasteiger partial charge in [0.05, 0.1) is 0 Å². The van der Waals surface area contributed by atoms with Crippen molar-refractivity contribution in [3.8, 4) is 0 Å². The molecule has 0 aliphatic carbocycles. The van der Waals surface area contributed by atoms with Crippen molar-refractivity contribution in [2.75, 3.05) is 19.6 Å². The predicted molar refractivity (Wildman–Crippen MR) is 90.5 cm³/mol. The first-order valence-corrected chi connectivity index (χ1v) is 8.66. The molecule has 112 valence electrons. The lowest BCUT2D eigenvalue weighted by molar-refractivity contribution is 0.205. The van der Waals surface area contributed by atoms with Gasteiger partial charge in [-0.15, -0.1) is 0 Å². The van der Waals surface area contributed by atoms with Crippen LogP contribution in [-0.4, -0.2) is 30.6 Å². The fraction of sp³-hybridized carbons (Fsp3) is 0.625. The third kappa shape index (κ3) is 4.73. The highest BCUT2D eigenvalue weighted by Gasteiger charge is 2.16. The topological polar surface area (TPSA) is 15.3 Å². The Balaban J connectivity index is 1.87. The molecule has 4 heteroatoms. The van der Waals surface area contributed by atoms with Crippen LogP contribution in [-0.2, 0) is 0 Å². The molecule has 0 aromatic heterocycles. The van der Waals surface area contributed by atoms with Gasteiger partial charge in [-0.2, -0.15) is 0 Å². The fourth-order valence-electron chi connectivity index (χ4n) is 2.95. The minimum atomic E-state index is 0.274. The molecule has 20 heavy (non-hydrogen) atoms. The zero-order valence-corrected chi connectivity index (χ0v) is 14.7. The van der Waals surface area contributed by atoms with E-state index in [9.17, 15) is 0 Å². The highest BCUT2D eigenvalue weighted by molar-refractivity contribution is 9.10. The van der Waals surface area contributed by atoms with Crippen LogP contribution in [0.1, 0.15) is 44.7 Å². The molecule has 2 rings (SSSR count). The Kier molecular flexibility index (Phi) is 6.34. The van der Waals surface area contributed by atoms with Crippen LogP contribution in [0.2, 0.25) is 5.02 Å². The van der Waals surface area contributed by atoms with Crippen molar-refractivity contribution in [3.05, 3.63) is 33.3 Å². The van der Waals surface area contributed by atoms with Crippen LogP contribution in [0.5, 0.6) is 0 Å². The van der Waals surface area contributed by atoms with Crippen molar-refractivity contribution >= 4 is 27.5 Å². The van der Waals surface area contributed by atoms with E-state index in [4.69, 9.17) is 11.6 Å². The van der Waals surface area contributed by atoms with Crippen LogP contribution in [0.3, 0.4) is 0 Å². The molecule has 0 spiro atoms. The van der Waals surface area contributed by atoms with E-state index in [1.54, 1.807) is 0 Å². The molecule has 0 amide bonds. The van der Waals surface area contributed by atoms with Gasteiger partial charge in [0.25, 0.3) is 0 Å². The largest absolute Gasteiger partial charge is 0.306 e. The minimum absolute atomic E-state index is 0.274. The fourth-order valence-corrected chi connectivity index (χ4v) is 3.79. The van der Waals surface area contributed by atoms with E-state index in [1.807, 2.05) is 6.07 Å². The summed E-state index contributed by atoms with van der Waals surface area (Å²) in [5.41, 5.74) is 1.17. The van der Waals surface area contributed by atoms with E-state index in [-0.39, 0.29) is 6.04 Å². The van der Waals surface area contributed by atoms with Crippen LogP contribution in [0.4, 0.5) is 0 Å². The molecule has 2 atom stereocenters. The Morgan fingerprint density at radius 2 is 1.95 bits per heavy atom. The minimum Gasteiger partial charge on any atom is -0.306 e. The number of rotatable bonds is 5. The second-order valence-corrected chi connectivity index (χ2v) is 7.14. The van der Waals surface area contributed by atoms with E-state index >= 15 is 0 Å². The molecule has 0 bridgehead atoms. The van der Waals surface area contributed by atoms with Crippen LogP contribution in [0, 0.1) is 0 Å². The molecule has 1 aliphatic rings. The maximum atomic E-state index is 6.32. The van der Waals surface area contributed by atoms with Gasteiger partial charge in [0, 0.05) is 28.1 Å². The van der Waals surface area contributed by atoms with Gasteiger partial charge < -0.3 is 10.2 Å². The number of hydrogen-bond donors (Lipinski definition) is 1. The van der Waals surface area contributed by atoms with Gasteiger partial charge in [-0.25, -0.2) is 0 Å². The number of nitrogens with one attached hydrogen (secondary N) is 1. The summed E-state index contributed by atoms with van der Waals surface area (Å²) in [5.74, 6) is 0. The quantitative estimate of drug-likeness (QED) is 0.824. The maximum Gasteiger partial charge on any atom is 0.0464 e. The summed E-state index contributed by atoms with van der Waals surface area (Å²) >= 11 is 9.77. The van der Waals surface area contributed by atoms with Crippen LogP contribution in [0.25, 0.3) is 0 Å². The number of hydrogen-bond acceptors (Lipinski definition) is 2. The zero-order chi connectivity index (χ0) is 14.5. The van der Waals surface area contributed by atoms with Gasteiger partial charge in [0.15, 0.2) is 0 Å². The lowest BCUT2D eigenvalue weighted by Gasteiger charge is -2.31. The van der Waals surface area contributed by atoms with Gasteiger partial charge in [-0.3, -0.25) is 0 Å². The molecule has 1 fully saturated rings. The summed E-state index contributed by atoms with van der Waals surface area (Å²) in [6.07, 6.45) is 4.09. The van der Waals surface area contributed by atoms with Crippen molar-refractivity contribution in [2.45, 2.75) is 45.2 Å². The lowest BCUT2D eigenvalue weighted by Crippen LogP contribution is -2.42. The Bertz CT molecular complexity index is 432. The third-order valence-corrected chi connectivity index (χ3v) is 4.76. The Hall–Kier alpha value is -0.0900. The van der Waals surface area contributed by atoms with Crippen molar-refractivity contribution in [3.63, 3.8) is 0 Å². The molecular weight excluding hydrogens is 336 g/mol. The summed E-state index contributed by atoms with van der Waals surface area (Å²) in [5, 5.41) is 4.49. The Morgan fingerprint density at radius 1 is 1.25 bits per heavy atom. The lowest BCUT2D eigenvalue weighted by atomic mass is 10.1. The van der Waals surface area contributed by atoms with Gasteiger partial charge in [0.1, 0.15) is 0 Å². The summed E-state index contributed by atoms with van der Waals surface area (Å²) in [7, 11) is 0. The molecule has 0 saturated carbocycles. The second-order valence-electron chi connectivity index (χ2n) is 5.82. The molecule has 1 saturated heterocycles. The smallest absolute Gasteiger partial charge is 0.0464 e. The Morgan fingerprint density at radius 3 is 2.60 bits per heavy atom. The molecule has 1 aliphatic heterocycles. The normalized spacial score (nSPS) is 19.8. The number of halogens is 2. The number of nitrogens with zero attached hydrogens (tertiary/aromatic N) is 1. The van der Waals surface area contributed by atoms with E-state index in [0.29, 0.717) is 6.04 Å². The summed E-state index contributed by atoms with van der Waals surface area (Å²) in [6, 6.07) is 6.86. The van der Waals surface area contributed by atoms with Crippen LogP contribution >= 0.6 is 27.5 Å². The molecule has 2 unspecified atom stereocenters. The van der Waals surface area contributed by atoms with Crippen molar-refractivity contribution in [2.24, 2.45) is 0 Å². The van der Waals surface area contributed by atoms with Crippen LogP contribution < -0.4 is 5.32 Å². The highest BCUT2D eigenvalue weighted by atomic mass is 79.9. The van der Waals surface area contributed by atoms with Crippen molar-refractivity contribution < 1.29 is 0 Å². The first-order chi connectivity index (χ1) is 9.56. The molecule has 2 nitrogen and oxygen atoms in total. The second kappa shape index (κ2) is 7.79. The monoisotopic (exact) mass is 358 g/mol. The Labute approximate surface area is 136 Å². The van der Waals surface area contributed by atoms with E-state index in [1.165, 1.54) is 37.9 Å². The number of benzene rings is 1. The van der Waals surface area contributed by atoms with Crippen LogP contribution in [0.15, 0.2) is 22.7 Å². The number of likely N-dealkylation sites (tertiary alicyclic amines) is 1. The average Bonchev–Trinajstić information content (AvgIpc) is 2.39. The zero-order valence-electron chi connectivity index (χ0n) is 12.3. The molecule has 0 radical (unpaired) electrons. The van der Waals surface area contributed by atoms with E-state index in [2.05, 4.69) is 52.1 Å². The molecule has 1 aromatic rings. The summed E-state index contributed by atoms with van der Waals surface area (Å²) in [6.45, 7) is 8.07. The first-order valence-electron chi connectivity index (χ1n) is 7.49. The molecule has 1 N–H and O–H groups in total. The average molecular weight is 360 g/mol. The van der Waals surface area contributed by atoms with Gasteiger partial charge >= 0.3 is 0 Å². The van der Waals surface area contributed by atoms with E-state index in [0.717, 1.165) is 16.0 Å². The molecule has 1 heterocycles. The maximum absolute atomic E-state index is 6.32. The van der Waals surface area contributed by atoms with E-state index < -0.39 is 0 Å². The van der Waals surface area contributed by atoms with Gasteiger partial charge in [0.2, 0.25) is 0 Å². The highest BCUT2D eigenvalue weighted by Crippen LogP contribution is 2.26.